The van der Waals surface area contributed by atoms with Crippen LogP contribution in [0.15, 0.2) is 0 Å². The fourth-order valence-corrected chi connectivity index (χ4v) is 4.44. The number of carbonyl (C=O) groups excluding carboxylic acids is 1. The quantitative estimate of drug-likeness (QED) is 0.803. The van der Waals surface area contributed by atoms with E-state index in [9.17, 15) is 9.90 Å². The minimum Gasteiger partial charge on any atom is -0.390 e. The van der Waals surface area contributed by atoms with Gasteiger partial charge in [-0.05, 0) is 63.2 Å². The maximum atomic E-state index is 11.8. The lowest BCUT2D eigenvalue weighted by Gasteiger charge is -2.46. The van der Waals surface area contributed by atoms with Crippen LogP contribution in [0.25, 0.3) is 0 Å². The number of fused-ring (bicyclic) bond motifs is 1. The molecule has 0 aromatic heterocycles. The topological polar surface area (TPSA) is 37.3 Å². The van der Waals surface area contributed by atoms with E-state index in [-0.39, 0.29) is 5.92 Å². The number of rotatable bonds is 2. The van der Waals surface area contributed by atoms with Crippen molar-refractivity contribution in [3.63, 3.8) is 0 Å². The lowest BCUT2D eigenvalue weighted by molar-refractivity contribution is -0.127. The van der Waals surface area contributed by atoms with Gasteiger partial charge in [-0.3, -0.25) is 4.79 Å². The van der Waals surface area contributed by atoms with Crippen molar-refractivity contribution in [1.29, 1.82) is 0 Å². The molecule has 0 aliphatic heterocycles. The van der Waals surface area contributed by atoms with Gasteiger partial charge in [0.1, 0.15) is 5.78 Å². The minimum atomic E-state index is -0.541. The minimum absolute atomic E-state index is 0.208. The number of hydrogen-bond donors (Lipinski definition) is 1. The second kappa shape index (κ2) is 4.38. The van der Waals surface area contributed by atoms with E-state index in [1.54, 1.807) is 6.92 Å². The summed E-state index contributed by atoms with van der Waals surface area (Å²) >= 11 is 0. The summed E-state index contributed by atoms with van der Waals surface area (Å²) in [6.07, 6.45) is 4.01. The molecule has 2 rings (SSSR count). The third-order valence-electron chi connectivity index (χ3n) is 5.37. The van der Waals surface area contributed by atoms with E-state index in [0.29, 0.717) is 29.5 Å². The predicted molar refractivity (Wildman–Crippen MR) is 68.6 cm³/mol. The van der Waals surface area contributed by atoms with Gasteiger partial charge in [0.25, 0.3) is 0 Å². The van der Waals surface area contributed by atoms with Gasteiger partial charge in [0.2, 0.25) is 0 Å². The van der Waals surface area contributed by atoms with Gasteiger partial charge in [0.05, 0.1) is 5.60 Å². The van der Waals surface area contributed by atoms with E-state index in [1.807, 2.05) is 6.92 Å². The number of carbonyl (C=O) groups is 1. The molecular weight excluding hydrogens is 212 g/mol. The molecule has 0 heterocycles. The molecule has 0 aromatic carbocycles. The van der Waals surface area contributed by atoms with Gasteiger partial charge < -0.3 is 5.11 Å². The fourth-order valence-electron chi connectivity index (χ4n) is 4.44. The molecule has 2 aliphatic rings. The van der Waals surface area contributed by atoms with Crippen LogP contribution in [0.1, 0.15) is 53.4 Å². The molecule has 0 spiro atoms. The number of aliphatic hydroxyl groups is 1. The molecule has 98 valence electrons. The molecule has 2 saturated carbocycles. The van der Waals surface area contributed by atoms with Crippen molar-refractivity contribution in [2.75, 3.05) is 0 Å². The molecule has 0 radical (unpaired) electrons. The normalized spacial score (nSPS) is 46.0. The zero-order chi connectivity index (χ0) is 12.8. The van der Waals surface area contributed by atoms with Crippen molar-refractivity contribution in [3.05, 3.63) is 0 Å². The zero-order valence-corrected chi connectivity index (χ0v) is 11.6. The van der Waals surface area contributed by atoms with E-state index in [0.717, 1.165) is 25.7 Å². The summed E-state index contributed by atoms with van der Waals surface area (Å²) in [6, 6.07) is 0. The highest BCUT2D eigenvalue weighted by atomic mass is 16.3. The molecular formula is C15H26O2. The van der Waals surface area contributed by atoms with Crippen LogP contribution in [0.2, 0.25) is 0 Å². The Morgan fingerprint density at radius 1 is 1.29 bits per heavy atom. The standard InChI is InChI=1S/C15H26O2/c1-9(2)11-7-8-15(4,17)13-6-5-12(10(3)16)14(11)13/h9,11-14,17H,5-8H2,1-4H3/t11-,12?,13+,14+,15+/m0/s1. The lowest BCUT2D eigenvalue weighted by Crippen LogP contribution is -2.47. The Labute approximate surface area is 105 Å². The van der Waals surface area contributed by atoms with Gasteiger partial charge in [0.15, 0.2) is 0 Å². The first kappa shape index (κ1) is 13.1. The van der Waals surface area contributed by atoms with Crippen molar-refractivity contribution in [3.8, 4) is 0 Å². The molecule has 5 atom stereocenters. The molecule has 0 bridgehead atoms. The van der Waals surface area contributed by atoms with Crippen LogP contribution in [-0.4, -0.2) is 16.5 Å². The number of hydrogen-bond acceptors (Lipinski definition) is 2. The van der Waals surface area contributed by atoms with E-state index in [1.165, 1.54) is 0 Å². The Hall–Kier alpha value is -0.370. The van der Waals surface area contributed by atoms with Crippen LogP contribution in [0.3, 0.4) is 0 Å². The maximum absolute atomic E-state index is 11.8. The van der Waals surface area contributed by atoms with Crippen molar-refractivity contribution < 1.29 is 9.90 Å². The fraction of sp³-hybridized carbons (Fsp3) is 0.933. The molecule has 0 amide bonds. The summed E-state index contributed by atoms with van der Waals surface area (Å²) in [7, 11) is 0. The first-order valence-corrected chi connectivity index (χ1v) is 7.07. The van der Waals surface area contributed by atoms with Crippen LogP contribution >= 0.6 is 0 Å². The highest BCUT2D eigenvalue weighted by Crippen LogP contribution is 2.54. The molecule has 1 unspecified atom stereocenters. The van der Waals surface area contributed by atoms with E-state index in [4.69, 9.17) is 0 Å². The smallest absolute Gasteiger partial charge is 0.133 e. The third-order valence-corrected chi connectivity index (χ3v) is 5.37. The highest BCUT2D eigenvalue weighted by molar-refractivity contribution is 5.79. The Morgan fingerprint density at radius 3 is 2.47 bits per heavy atom. The van der Waals surface area contributed by atoms with Crippen molar-refractivity contribution in [2.24, 2.45) is 29.6 Å². The monoisotopic (exact) mass is 238 g/mol. The van der Waals surface area contributed by atoms with Crippen LogP contribution < -0.4 is 0 Å². The van der Waals surface area contributed by atoms with Crippen molar-refractivity contribution in [1.82, 2.24) is 0 Å². The van der Waals surface area contributed by atoms with Crippen molar-refractivity contribution >= 4 is 5.78 Å². The summed E-state index contributed by atoms with van der Waals surface area (Å²) < 4.78 is 0. The molecule has 1 N–H and O–H groups in total. The zero-order valence-electron chi connectivity index (χ0n) is 11.6. The molecule has 17 heavy (non-hydrogen) atoms. The summed E-state index contributed by atoms with van der Waals surface area (Å²) in [5, 5.41) is 10.5. The SMILES string of the molecule is CC(=O)C1CC[C@@H]2[C@@H]1[C@H](C(C)C)CC[C@@]2(C)O. The molecule has 2 nitrogen and oxygen atoms in total. The van der Waals surface area contributed by atoms with E-state index < -0.39 is 5.60 Å². The second-order valence-corrected chi connectivity index (χ2v) is 6.78. The number of Topliss-reactive ketones (excluding diaryl/α,β-unsaturated/α-hetero) is 1. The molecule has 2 heteroatoms. The highest BCUT2D eigenvalue weighted by Gasteiger charge is 2.53. The summed E-state index contributed by atoms with van der Waals surface area (Å²) in [4.78, 5) is 11.8. The van der Waals surface area contributed by atoms with Gasteiger partial charge in [-0.25, -0.2) is 0 Å². The summed E-state index contributed by atoms with van der Waals surface area (Å²) in [5.74, 6) is 2.56. The molecule has 0 saturated heterocycles. The Kier molecular flexibility index (Phi) is 3.37. The van der Waals surface area contributed by atoms with Gasteiger partial charge in [-0.1, -0.05) is 13.8 Å². The maximum Gasteiger partial charge on any atom is 0.133 e. The average Bonchev–Trinajstić information content (AvgIpc) is 2.62. The first-order valence-electron chi connectivity index (χ1n) is 7.07. The van der Waals surface area contributed by atoms with Crippen LogP contribution in [0.5, 0.6) is 0 Å². The van der Waals surface area contributed by atoms with E-state index in [2.05, 4.69) is 13.8 Å². The van der Waals surface area contributed by atoms with Crippen molar-refractivity contribution in [2.45, 2.75) is 59.0 Å². The van der Waals surface area contributed by atoms with Gasteiger partial charge in [-0.2, -0.15) is 0 Å². The van der Waals surface area contributed by atoms with Gasteiger partial charge in [-0.15, -0.1) is 0 Å². The van der Waals surface area contributed by atoms with E-state index >= 15 is 0 Å². The summed E-state index contributed by atoms with van der Waals surface area (Å²) in [5.41, 5.74) is -0.541. The molecule has 0 aromatic rings. The lowest BCUT2D eigenvalue weighted by atomic mass is 9.61. The molecule has 2 fully saturated rings. The second-order valence-electron chi connectivity index (χ2n) is 6.78. The Morgan fingerprint density at radius 2 is 1.94 bits per heavy atom. The molecule has 2 aliphatic carbocycles. The predicted octanol–water partition coefficient (Wildman–Crippen LogP) is 3.03. The van der Waals surface area contributed by atoms with Crippen LogP contribution in [0, 0.1) is 29.6 Å². The Bertz CT molecular complexity index is 306. The Balaban J connectivity index is 2.28. The van der Waals surface area contributed by atoms with Crippen LogP contribution in [-0.2, 0) is 4.79 Å². The number of ketones is 1. The van der Waals surface area contributed by atoms with Gasteiger partial charge in [0, 0.05) is 5.92 Å². The average molecular weight is 238 g/mol. The first-order chi connectivity index (χ1) is 7.84. The largest absolute Gasteiger partial charge is 0.390 e. The third kappa shape index (κ3) is 2.16. The van der Waals surface area contributed by atoms with Gasteiger partial charge >= 0.3 is 0 Å². The summed E-state index contributed by atoms with van der Waals surface area (Å²) in [6.45, 7) is 8.23. The van der Waals surface area contributed by atoms with Crippen LogP contribution in [0.4, 0.5) is 0 Å².